The van der Waals surface area contributed by atoms with E-state index in [1.54, 1.807) is 0 Å². The Morgan fingerprint density at radius 3 is 0.880 bits per heavy atom. The third kappa shape index (κ3) is 66.2. The highest BCUT2D eigenvalue weighted by molar-refractivity contribution is 7.47. The van der Waals surface area contributed by atoms with Gasteiger partial charge < -0.3 is 33.8 Å². The number of hydrogen-bond acceptors (Lipinski definition) is 15. The third-order valence-corrected chi connectivity index (χ3v) is 18.2. The molecule has 0 aromatic rings. The Kier molecular flexibility index (Phi) is 61.6. The number of carbonyl (C=O) groups is 4. The van der Waals surface area contributed by atoms with E-state index in [0.29, 0.717) is 37.5 Å². The predicted molar refractivity (Wildman–Crippen MR) is 372 cm³/mol. The first-order valence-electron chi connectivity index (χ1n) is 37.2. The first kappa shape index (κ1) is 89.5. The SMILES string of the molecule is CCCCCC/C=C\C=C/CCCCCCCC(=O)O[C@H](COC(=O)CCCCCCCCCC(C)C)COP(=O)(O)OCC(O)COP(=O)(O)OC[C@@H](COC(=O)CCCCCCCCCC(C)C)OC(=O)CCCCCCCCCCCCCCCCC(C)C. The second kappa shape index (κ2) is 63.3. The first-order chi connectivity index (χ1) is 44.2. The van der Waals surface area contributed by atoms with Gasteiger partial charge in [-0.2, -0.15) is 0 Å². The van der Waals surface area contributed by atoms with Gasteiger partial charge in [-0.1, -0.05) is 291 Å². The molecule has 0 aliphatic carbocycles. The number of phosphoric acid groups is 2. The van der Waals surface area contributed by atoms with Crippen molar-refractivity contribution in [3.05, 3.63) is 24.3 Å². The summed E-state index contributed by atoms with van der Waals surface area (Å²) in [5, 5.41) is 10.6. The summed E-state index contributed by atoms with van der Waals surface area (Å²) >= 11 is 0. The normalized spacial score (nSPS) is 14.3. The van der Waals surface area contributed by atoms with Crippen molar-refractivity contribution in [3.8, 4) is 0 Å². The van der Waals surface area contributed by atoms with Gasteiger partial charge in [-0.15, -0.1) is 0 Å². The number of esters is 4. The van der Waals surface area contributed by atoms with Gasteiger partial charge in [0.15, 0.2) is 12.2 Å². The highest BCUT2D eigenvalue weighted by atomic mass is 31.2. The van der Waals surface area contributed by atoms with Crippen LogP contribution in [0.3, 0.4) is 0 Å². The summed E-state index contributed by atoms with van der Waals surface area (Å²) < 4.78 is 68.3. The molecule has 0 rings (SSSR count). The van der Waals surface area contributed by atoms with Gasteiger partial charge in [0, 0.05) is 25.7 Å². The largest absolute Gasteiger partial charge is 0.472 e. The smallest absolute Gasteiger partial charge is 0.462 e. The van der Waals surface area contributed by atoms with E-state index in [2.05, 4.69) is 72.8 Å². The molecular weight excluding hydrogens is 1210 g/mol. The Balaban J connectivity index is 5.26. The van der Waals surface area contributed by atoms with Gasteiger partial charge in [-0.05, 0) is 69.1 Å². The number of allylic oxidation sites excluding steroid dienone is 4. The van der Waals surface area contributed by atoms with Crippen molar-refractivity contribution in [2.75, 3.05) is 39.6 Å². The van der Waals surface area contributed by atoms with Gasteiger partial charge in [0.05, 0.1) is 26.4 Å². The number of phosphoric ester groups is 2. The second-order valence-corrected chi connectivity index (χ2v) is 30.0. The molecule has 19 heteroatoms. The highest BCUT2D eigenvalue weighted by Gasteiger charge is 2.30. The van der Waals surface area contributed by atoms with Gasteiger partial charge in [0.1, 0.15) is 19.3 Å². The van der Waals surface area contributed by atoms with Crippen LogP contribution in [-0.4, -0.2) is 96.7 Å². The fourth-order valence-electron chi connectivity index (χ4n) is 10.5. The zero-order chi connectivity index (χ0) is 68.0. The van der Waals surface area contributed by atoms with Crippen LogP contribution in [0.15, 0.2) is 24.3 Å². The molecule has 0 heterocycles. The fourth-order valence-corrected chi connectivity index (χ4v) is 12.1. The maximum absolute atomic E-state index is 13.0. The third-order valence-electron chi connectivity index (χ3n) is 16.3. The lowest BCUT2D eigenvalue weighted by Crippen LogP contribution is -2.30. The van der Waals surface area contributed by atoms with Crippen molar-refractivity contribution in [3.63, 3.8) is 0 Å². The van der Waals surface area contributed by atoms with Crippen molar-refractivity contribution in [2.24, 2.45) is 17.8 Å². The molecular formula is C73H138O17P2. The van der Waals surface area contributed by atoms with E-state index in [1.807, 2.05) is 0 Å². The highest BCUT2D eigenvalue weighted by Crippen LogP contribution is 2.45. The summed E-state index contributed by atoms with van der Waals surface area (Å²) in [6.07, 6.45) is 50.9. The molecule has 3 N–H and O–H groups in total. The van der Waals surface area contributed by atoms with Crippen molar-refractivity contribution in [1.82, 2.24) is 0 Å². The number of aliphatic hydroxyl groups excluding tert-OH is 1. The fraction of sp³-hybridized carbons (Fsp3) is 0.890. The molecule has 17 nitrogen and oxygen atoms in total. The van der Waals surface area contributed by atoms with E-state index in [9.17, 15) is 43.2 Å². The number of aliphatic hydroxyl groups is 1. The minimum absolute atomic E-state index is 0.0838. The van der Waals surface area contributed by atoms with Gasteiger partial charge in [-0.3, -0.25) is 37.3 Å². The van der Waals surface area contributed by atoms with E-state index >= 15 is 0 Å². The Bertz CT molecular complexity index is 1890. The van der Waals surface area contributed by atoms with Crippen molar-refractivity contribution in [1.29, 1.82) is 0 Å². The monoisotopic (exact) mass is 1350 g/mol. The molecule has 0 saturated heterocycles. The van der Waals surface area contributed by atoms with Crippen LogP contribution in [0.25, 0.3) is 0 Å². The Morgan fingerprint density at radius 2 is 0.587 bits per heavy atom. The molecule has 0 aliphatic rings. The van der Waals surface area contributed by atoms with Gasteiger partial charge >= 0.3 is 39.5 Å². The van der Waals surface area contributed by atoms with Crippen LogP contribution in [0, 0.1) is 17.8 Å². The number of hydrogen-bond donors (Lipinski definition) is 3. The number of carbonyl (C=O) groups excluding carboxylic acids is 4. The summed E-state index contributed by atoms with van der Waals surface area (Å²) in [4.78, 5) is 72.6. The van der Waals surface area contributed by atoms with Crippen LogP contribution in [0.4, 0.5) is 0 Å². The lowest BCUT2D eigenvalue weighted by atomic mass is 10.0. The Morgan fingerprint density at radius 1 is 0.337 bits per heavy atom. The van der Waals surface area contributed by atoms with Crippen molar-refractivity contribution < 1.29 is 80.2 Å². The molecule has 0 aromatic carbocycles. The summed E-state index contributed by atoms with van der Waals surface area (Å²) in [7, 11) is -9.92. The summed E-state index contributed by atoms with van der Waals surface area (Å²) in [5.74, 6) is 0.0438. The topological polar surface area (TPSA) is 237 Å². The zero-order valence-electron chi connectivity index (χ0n) is 59.5. The maximum Gasteiger partial charge on any atom is 0.472 e. The number of unbranched alkanes of at least 4 members (excludes halogenated alkanes) is 34. The van der Waals surface area contributed by atoms with E-state index in [1.165, 1.54) is 128 Å². The average molecular weight is 1350 g/mol. The number of rotatable bonds is 69. The zero-order valence-corrected chi connectivity index (χ0v) is 61.3. The van der Waals surface area contributed by atoms with Crippen molar-refractivity contribution >= 4 is 39.5 Å². The molecule has 3 unspecified atom stereocenters. The van der Waals surface area contributed by atoms with E-state index in [4.69, 9.17) is 37.0 Å². The van der Waals surface area contributed by atoms with Crippen molar-refractivity contribution in [2.45, 2.75) is 362 Å². The van der Waals surface area contributed by atoms with Crippen LogP contribution in [-0.2, 0) is 65.4 Å². The minimum atomic E-state index is -4.96. The molecule has 0 amide bonds. The van der Waals surface area contributed by atoms with Gasteiger partial charge in [0.2, 0.25) is 0 Å². The van der Waals surface area contributed by atoms with Crippen LogP contribution in [0.2, 0.25) is 0 Å². The molecule has 92 heavy (non-hydrogen) atoms. The van der Waals surface area contributed by atoms with E-state index in [0.717, 1.165) is 121 Å². The summed E-state index contributed by atoms with van der Waals surface area (Å²) in [6, 6.07) is 0. The minimum Gasteiger partial charge on any atom is -0.462 e. The quantitative estimate of drug-likeness (QED) is 0.0169. The van der Waals surface area contributed by atoms with Gasteiger partial charge in [-0.25, -0.2) is 9.13 Å². The summed E-state index contributed by atoms with van der Waals surface area (Å²) in [6.45, 7) is 11.7. The lowest BCUT2D eigenvalue weighted by Gasteiger charge is -2.21. The van der Waals surface area contributed by atoms with Crippen LogP contribution >= 0.6 is 15.6 Å². The first-order valence-corrected chi connectivity index (χ1v) is 40.2. The lowest BCUT2D eigenvalue weighted by molar-refractivity contribution is -0.161. The maximum atomic E-state index is 13.0. The van der Waals surface area contributed by atoms with E-state index in [-0.39, 0.29) is 25.7 Å². The van der Waals surface area contributed by atoms with Crippen LogP contribution in [0.1, 0.15) is 344 Å². The molecule has 0 fully saturated rings. The molecule has 0 aliphatic heterocycles. The molecule has 0 aromatic heterocycles. The number of ether oxygens (including phenoxy) is 4. The standard InChI is InChI=1S/C73H138O17P2/c1-8-9-10-11-12-13-14-15-16-20-23-26-33-42-49-56-72(77)89-68(60-83-70(75)54-47-40-35-28-31-38-45-52-65(4)5)62-87-91(79,80)85-58-67(74)59-86-92(81,82)88-63-69(61-84-71(76)55-48-41-36-29-32-39-46-53-66(6)7)90-73(78)57-50-43-34-27-24-21-18-17-19-22-25-30-37-44-51-64(2)3/h13-16,64-69,74H,8-12,17-63H2,1-7H3,(H,79,80)(H,81,82)/b14-13-,16-15-/t67?,68-,69-/m1/s1. The molecule has 0 spiro atoms. The average Bonchev–Trinajstić information content (AvgIpc) is 1.51. The van der Waals surface area contributed by atoms with E-state index < -0.39 is 97.5 Å². The molecule has 542 valence electrons. The molecule has 0 bridgehead atoms. The van der Waals surface area contributed by atoms with Crippen LogP contribution < -0.4 is 0 Å². The molecule has 0 saturated carbocycles. The predicted octanol–water partition coefficient (Wildman–Crippen LogP) is 20.6. The molecule has 0 radical (unpaired) electrons. The van der Waals surface area contributed by atoms with Gasteiger partial charge in [0.25, 0.3) is 0 Å². The Labute approximate surface area is 561 Å². The second-order valence-electron chi connectivity index (χ2n) is 27.1. The van der Waals surface area contributed by atoms with Crippen LogP contribution in [0.5, 0.6) is 0 Å². The Hall–Kier alpha value is -2.46. The summed E-state index contributed by atoms with van der Waals surface area (Å²) in [5.41, 5.74) is 0. The molecule has 5 atom stereocenters.